The minimum atomic E-state index is 0.155. The van der Waals surface area contributed by atoms with Crippen molar-refractivity contribution in [2.45, 2.75) is 26.3 Å². The fourth-order valence-electron chi connectivity index (χ4n) is 2.09. The average Bonchev–Trinajstić information content (AvgIpc) is 2.59. The maximum absolute atomic E-state index is 9.07. The number of aromatic nitrogens is 1. The normalized spacial score (nSPS) is 11.6. The van der Waals surface area contributed by atoms with Gasteiger partial charge in [-0.05, 0) is 38.0 Å². The third-order valence-corrected chi connectivity index (χ3v) is 3.14. The van der Waals surface area contributed by atoms with Crippen molar-refractivity contribution in [2.75, 3.05) is 6.61 Å². The molecule has 86 valence electrons. The highest BCUT2D eigenvalue weighted by Gasteiger charge is 2.12. The molecule has 2 aromatic rings. The molecule has 0 unspecified atom stereocenters. The monoisotopic (exact) mass is 237 g/mol. The van der Waals surface area contributed by atoms with Gasteiger partial charge in [0.2, 0.25) is 0 Å². The number of hydrogen-bond donors (Lipinski definition) is 1. The molecule has 0 aliphatic carbocycles. The molecule has 0 fully saturated rings. The van der Waals surface area contributed by atoms with Crippen LogP contribution in [0.3, 0.4) is 0 Å². The Bertz CT molecular complexity index is 502. The molecule has 1 aromatic carbocycles. The molecule has 1 N–H and O–H groups in total. The minimum absolute atomic E-state index is 0.155. The van der Waals surface area contributed by atoms with Crippen LogP contribution in [0, 0.1) is 0 Å². The van der Waals surface area contributed by atoms with E-state index in [0.29, 0.717) is 12.5 Å². The van der Waals surface area contributed by atoms with Crippen LogP contribution >= 0.6 is 11.6 Å². The van der Waals surface area contributed by atoms with E-state index in [2.05, 4.69) is 30.7 Å². The van der Waals surface area contributed by atoms with E-state index in [1.807, 2.05) is 12.1 Å². The van der Waals surface area contributed by atoms with Gasteiger partial charge in [0.15, 0.2) is 0 Å². The maximum Gasteiger partial charge on any atom is 0.0502 e. The molecule has 0 spiro atoms. The number of rotatable bonds is 3. The molecule has 16 heavy (non-hydrogen) atoms. The largest absolute Gasteiger partial charge is 0.396 e. The van der Waals surface area contributed by atoms with Gasteiger partial charge in [-0.1, -0.05) is 17.7 Å². The average molecular weight is 238 g/mol. The molecule has 1 heterocycles. The van der Waals surface area contributed by atoms with Crippen LogP contribution in [0.15, 0.2) is 24.4 Å². The van der Waals surface area contributed by atoms with Crippen molar-refractivity contribution in [3.05, 3.63) is 35.0 Å². The lowest BCUT2D eigenvalue weighted by Gasteiger charge is -2.08. The second-order valence-electron chi connectivity index (χ2n) is 4.26. The number of aliphatic hydroxyl groups is 1. The van der Waals surface area contributed by atoms with Crippen molar-refractivity contribution in [3.8, 4) is 0 Å². The lowest BCUT2D eigenvalue weighted by atomic mass is 10.1. The van der Waals surface area contributed by atoms with E-state index in [4.69, 9.17) is 16.7 Å². The second kappa shape index (κ2) is 4.48. The SMILES string of the molecule is CC(C)n1cc(CCO)c2c(Cl)cccc21. The molecular weight excluding hydrogens is 222 g/mol. The van der Waals surface area contributed by atoms with Gasteiger partial charge in [0, 0.05) is 24.2 Å². The zero-order valence-electron chi connectivity index (χ0n) is 9.57. The Morgan fingerprint density at radius 3 is 2.75 bits per heavy atom. The van der Waals surface area contributed by atoms with Gasteiger partial charge in [-0.2, -0.15) is 0 Å². The summed E-state index contributed by atoms with van der Waals surface area (Å²) in [4.78, 5) is 0. The first-order valence-corrected chi connectivity index (χ1v) is 5.91. The number of benzene rings is 1. The van der Waals surface area contributed by atoms with Gasteiger partial charge < -0.3 is 9.67 Å². The van der Waals surface area contributed by atoms with Crippen LogP contribution in [0.5, 0.6) is 0 Å². The van der Waals surface area contributed by atoms with Gasteiger partial charge in [0.05, 0.1) is 10.5 Å². The summed E-state index contributed by atoms with van der Waals surface area (Å²) in [7, 11) is 0. The topological polar surface area (TPSA) is 25.2 Å². The van der Waals surface area contributed by atoms with E-state index in [1.54, 1.807) is 0 Å². The summed E-state index contributed by atoms with van der Waals surface area (Å²) in [5.41, 5.74) is 2.27. The Hall–Kier alpha value is -0.990. The number of aliphatic hydroxyl groups excluding tert-OH is 1. The van der Waals surface area contributed by atoms with Crippen molar-refractivity contribution in [2.24, 2.45) is 0 Å². The zero-order valence-corrected chi connectivity index (χ0v) is 10.3. The van der Waals surface area contributed by atoms with Crippen molar-refractivity contribution in [3.63, 3.8) is 0 Å². The van der Waals surface area contributed by atoms with E-state index < -0.39 is 0 Å². The highest BCUT2D eigenvalue weighted by atomic mass is 35.5. The van der Waals surface area contributed by atoms with Crippen LogP contribution in [0.1, 0.15) is 25.5 Å². The van der Waals surface area contributed by atoms with Crippen LogP contribution in [0.4, 0.5) is 0 Å². The Balaban J connectivity index is 2.71. The Morgan fingerprint density at radius 2 is 2.12 bits per heavy atom. The van der Waals surface area contributed by atoms with E-state index in [9.17, 15) is 0 Å². The molecule has 0 radical (unpaired) electrons. The Morgan fingerprint density at radius 1 is 1.38 bits per heavy atom. The Labute approximate surface area is 100 Å². The van der Waals surface area contributed by atoms with Crippen LogP contribution in [0.25, 0.3) is 10.9 Å². The standard InChI is InChI=1S/C13H16ClNO/c1-9(2)15-8-10(6-7-16)13-11(14)4-3-5-12(13)15/h3-5,8-9,16H,6-7H2,1-2H3. The van der Waals surface area contributed by atoms with E-state index in [-0.39, 0.29) is 6.61 Å². The van der Waals surface area contributed by atoms with E-state index in [1.165, 1.54) is 0 Å². The van der Waals surface area contributed by atoms with Crippen molar-refractivity contribution in [1.29, 1.82) is 0 Å². The van der Waals surface area contributed by atoms with Gasteiger partial charge in [-0.25, -0.2) is 0 Å². The zero-order chi connectivity index (χ0) is 11.7. The van der Waals surface area contributed by atoms with Crippen molar-refractivity contribution in [1.82, 2.24) is 4.57 Å². The van der Waals surface area contributed by atoms with E-state index >= 15 is 0 Å². The molecule has 0 atom stereocenters. The molecule has 0 aliphatic rings. The van der Waals surface area contributed by atoms with Crippen LogP contribution in [0.2, 0.25) is 5.02 Å². The number of halogens is 1. The minimum Gasteiger partial charge on any atom is -0.396 e. The molecule has 0 saturated heterocycles. The van der Waals surface area contributed by atoms with Gasteiger partial charge in [-0.3, -0.25) is 0 Å². The van der Waals surface area contributed by atoms with Crippen molar-refractivity contribution < 1.29 is 5.11 Å². The highest BCUT2D eigenvalue weighted by molar-refractivity contribution is 6.35. The molecule has 0 aliphatic heterocycles. The lowest BCUT2D eigenvalue weighted by molar-refractivity contribution is 0.300. The van der Waals surface area contributed by atoms with Gasteiger partial charge in [0.25, 0.3) is 0 Å². The van der Waals surface area contributed by atoms with Crippen LogP contribution in [-0.4, -0.2) is 16.3 Å². The predicted octanol–water partition coefficient (Wildman–Crippen LogP) is 3.41. The van der Waals surface area contributed by atoms with Crippen molar-refractivity contribution >= 4 is 22.5 Å². The molecule has 0 saturated carbocycles. The smallest absolute Gasteiger partial charge is 0.0502 e. The molecule has 2 nitrogen and oxygen atoms in total. The summed E-state index contributed by atoms with van der Waals surface area (Å²) in [5, 5.41) is 10.9. The fraction of sp³-hybridized carbons (Fsp3) is 0.385. The third-order valence-electron chi connectivity index (χ3n) is 2.82. The summed E-state index contributed by atoms with van der Waals surface area (Å²) in [6, 6.07) is 6.33. The summed E-state index contributed by atoms with van der Waals surface area (Å²) < 4.78 is 2.20. The molecule has 3 heteroatoms. The summed E-state index contributed by atoms with van der Waals surface area (Å²) in [6.45, 7) is 4.44. The number of nitrogens with zero attached hydrogens (tertiary/aromatic N) is 1. The summed E-state index contributed by atoms with van der Waals surface area (Å²) in [6.07, 6.45) is 2.75. The quantitative estimate of drug-likeness (QED) is 0.870. The molecule has 2 rings (SSSR count). The molecule has 1 aromatic heterocycles. The predicted molar refractivity (Wildman–Crippen MR) is 68.1 cm³/mol. The molecular formula is C13H16ClNO. The van der Waals surface area contributed by atoms with Gasteiger partial charge in [-0.15, -0.1) is 0 Å². The second-order valence-corrected chi connectivity index (χ2v) is 4.67. The lowest BCUT2D eigenvalue weighted by Crippen LogP contribution is -1.98. The number of fused-ring (bicyclic) bond motifs is 1. The fourth-order valence-corrected chi connectivity index (χ4v) is 2.38. The van der Waals surface area contributed by atoms with Crippen LogP contribution < -0.4 is 0 Å². The number of hydrogen-bond acceptors (Lipinski definition) is 1. The van der Waals surface area contributed by atoms with Gasteiger partial charge in [0.1, 0.15) is 0 Å². The van der Waals surface area contributed by atoms with Crippen LogP contribution in [-0.2, 0) is 6.42 Å². The summed E-state index contributed by atoms with van der Waals surface area (Å²) >= 11 is 6.22. The highest BCUT2D eigenvalue weighted by Crippen LogP contribution is 2.30. The first-order chi connectivity index (χ1) is 7.65. The molecule has 0 amide bonds. The summed E-state index contributed by atoms with van der Waals surface area (Å²) in [5.74, 6) is 0. The first kappa shape index (κ1) is 11.5. The van der Waals surface area contributed by atoms with E-state index in [0.717, 1.165) is 21.5 Å². The third kappa shape index (κ3) is 1.83. The van der Waals surface area contributed by atoms with Gasteiger partial charge >= 0.3 is 0 Å². The molecule has 0 bridgehead atoms. The maximum atomic E-state index is 9.07. The first-order valence-electron chi connectivity index (χ1n) is 5.54. The Kier molecular flexibility index (Phi) is 3.22.